The SMILES string of the molecule is CCOc1ccc(C(C)=O)cc1N1C(=O)[C@H]2[C@H](C1=O)[C@H]1C=C[C@H]2CC1. The highest BCUT2D eigenvalue weighted by atomic mass is 16.5. The predicted octanol–water partition coefficient (Wildman–Crippen LogP) is 2.99. The third-order valence-corrected chi connectivity index (χ3v) is 5.67. The molecule has 0 unspecified atom stereocenters. The normalized spacial score (nSPS) is 29.9. The maximum atomic E-state index is 13.1. The van der Waals surface area contributed by atoms with Gasteiger partial charge in [0.1, 0.15) is 5.75 Å². The van der Waals surface area contributed by atoms with E-state index in [-0.39, 0.29) is 41.3 Å². The van der Waals surface area contributed by atoms with E-state index in [4.69, 9.17) is 4.74 Å². The largest absolute Gasteiger partial charge is 0.492 e. The summed E-state index contributed by atoms with van der Waals surface area (Å²) in [7, 11) is 0. The summed E-state index contributed by atoms with van der Waals surface area (Å²) in [6.07, 6.45) is 6.11. The van der Waals surface area contributed by atoms with Crippen LogP contribution in [0.2, 0.25) is 0 Å². The first-order valence-electron chi connectivity index (χ1n) is 8.86. The number of Topliss-reactive ketones (excluding diaryl/α,β-unsaturated/α-hetero) is 1. The molecule has 25 heavy (non-hydrogen) atoms. The van der Waals surface area contributed by atoms with Gasteiger partial charge in [-0.1, -0.05) is 12.2 Å². The van der Waals surface area contributed by atoms with E-state index in [9.17, 15) is 14.4 Å². The Kier molecular flexibility index (Phi) is 3.74. The molecule has 1 aromatic carbocycles. The van der Waals surface area contributed by atoms with Crippen LogP contribution in [0, 0.1) is 23.7 Å². The van der Waals surface area contributed by atoms with Gasteiger partial charge in [0.05, 0.1) is 24.1 Å². The van der Waals surface area contributed by atoms with Crippen molar-refractivity contribution in [3.05, 3.63) is 35.9 Å². The first-order valence-corrected chi connectivity index (χ1v) is 8.86. The van der Waals surface area contributed by atoms with Gasteiger partial charge in [-0.05, 0) is 56.7 Å². The van der Waals surface area contributed by atoms with Crippen molar-refractivity contribution in [1.29, 1.82) is 0 Å². The molecule has 130 valence electrons. The number of benzene rings is 1. The molecule has 5 nitrogen and oxygen atoms in total. The number of allylic oxidation sites excluding steroid dienone is 2. The topological polar surface area (TPSA) is 63.7 Å². The fourth-order valence-corrected chi connectivity index (χ4v) is 4.50. The maximum Gasteiger partial charge on any atom is 0.238 e. The van der Waals surface area contributed by atoms with E-state index >= 15 is 0 Å². The summed E-state index contributed by atoms with van der Waals surface area (Å²) >= 11 is 0. The number of imide groups is 1. The Morgan fingerprint density at radius 2 is 1.72 bits per heavy atom. The van der Waals surface area contributed by atoms with Crippen molar-refractivity contribution >= 4 is 23.3 Å². The lowest BCUT2D eigenvalue weighted by Gasteiger charge is -2.38. The third kappa shape index (κ3) is 2.33. The van der Waals surface area contributed by atoms with Crippen LogP contribution in [0.25, 0.3) is 0 Å². The van der Waals surface area contributed by atoms with Crippen LogP contribution < -0.4 is 9.64 Å². The van der Waals surface area contributed by atoms with Crippen molar-refractivity contribution in [3.63, 3.8) is 0 Å². The Morgan fingerprint density at radius 1 is 1.12 bits per heavy atom. The van der Waals surface area contributed by atoms with Gasteiger partial charge in [-0.3, -0.25) is 14.4 Å². The van der Waals surface area contributed by atoms with Crippen LogP contribution in [0.4, 0.5) is 5.69 Å². The predicted molar refractivity (Wildman–Crippen MR) is 92.4 cm³/mol. The standard InChI is InChI=1S/C20H21NO4/c1-3-25-16-9-8-14(11(2)22)10-15(16)21-19(23)17-12-4-5-13(7-6-12)18(17)20(21)24/h4-5,8-10,12-13,17-18H,3,6-7H2,1-2H3/t12-,13-,17+,18+/m0/s1. The molecule has 1 heterocycles. The van der Waals surface area contributed by atoms with Crippen molar-refractivity contribution in [2.24, 2.45) is 23.7 Å². The van der Waals surface area contributed by atoms with Gasteiger partial charge >= 0.3 is 0 Å². The fraction of sp³-hybridized carbons (Fsp3) is 0.450. The Labute approximate surface area is 146 Å². The number of ether oxygens (including phenoxy) is 1. The monoisotopic (exact) mass is 339 g/mol. The summed E-state index contributed by atoms with van der Waals surface area (Å²) < 4.78 is 5.63. The highest BCUT2D eigenvalue weighted by Crippen LogP contribution is 2.51. The first-order chi connectivity index (χ1) is 12.0. The van der Waals surface area contributed by atoms with E-state index in [1.807, 2.05) is 6.92 Å². The van der Waals surface area contributed by atoms with Crippen LogP contribution in [-0.4, -0.2) is 24.2 Å². The molecule has 3 aliphatic carbocycles. The summed E-state index contributed by atoms with van der Waals surface area (Å²) in [5.41, 5.74) is 0.869. The Balaban J connectivity index is 1.79. The van der Waals surface area contributed by atoms with Crippen LogP contribution in [0.15, 0.2) is 30.4 Å². The minimum atomic E-state index is -0.272. The number of hydrogen-bond acceptors (Lipinski definition) is 4. The molecule has 0 spiro atoms. The molecular formula is C20H21NO4. The van der Waals surface area contributed by atoms with Crippen molar-refractivity contribution in [2.75, 3.05) is 11.5 Å². The highest BCUT2D eigenvalue weighted by Gasteiger charge is 2.57. The molecule has 2 amide bonds. The van der Waals surface area contributed by atoms with Crippen LogP contribution in [-0.2, 0) is 9.59 Å². The van der Waals surface area contributed by atoms with E-state index < -0.39 is 0 Å². The molecule has 1 saturated heterocycles. The molecule has 5 heteroatoms. The molecule has 4 atom stereocenters. The lowest BCUT2D eigenvalue weighted by Crippen LogP contribution is -2.38. The number of anilines is 1. The van der Waals surface area contributed by atoms with Crippen molar-refractivity contribution in [2.45, 2.75) is 26.7 Å². The van der Waals surface area contributed by atoms with E-state index in [1.165, 1.54) is 11.8 Å². The maximum absolute atomic E-state index is 13.1. The molecule has 2 bridgehead atoms. The second kappa shape index (κ2) is 5.83. The van der Waals surface area contributed by atoms with Gasteiger partial charge in [0.25, 0.3) is 0 Å². The molecular weight excluding hydrogens is 318 g/mol. The van der Waals surface area contributed by atoms with Crippen molar-refractivity contribution < 1.29 is 19.1 Å². The van der Waals surface area contributed by atoms with E-state index in [1.54, 1.807) is 18.2 Å². The summed E-state index contributed by atoms with van der Waals surface area (Å²) in [4.78, 5) is 39.3. The van der Waals surface area contributed by atoms with Gasteiger partial charge < -0.3 is 4.74 Å². The van der Waals surface area contributed by atoms with Crippen LogP contribution in [0.3, 0.4) is 0 Å². The molecule has 1 saturated carbocycles. The summed E-state index contributed by atoms with van der Waals surface area (Å²) in [6.45, 7) is 3.74. The Morgan fingerprint density at radius 3 is 2.20 bits per heavy atom. The van der Waals surface area contributed by atoms with Gasteiger partial charge in [0.2, 0.25) is 11.8 Å². The number of rotatable bonds is 4. The minimum absolute atomic E-state index is 0.109. The smallest absolute Gasteiger partial charge is 0.238 e. The number of carbonyl (C=O) groups excluding carboxylic acids is 3. The second-order valence-corrected chi connectivity index (χ2v) is 7.03. The van der Waals surface area contributed by atoms with Crippen LogP contribution in [0.1, 0.15) is 37.0 Å². The molecule has 1 aromatic rings. The first kappa shape index (κ1) is 16.1. The zero-order chi connectivity index (χ0) is 17.7. The van der Waals surface area contributed by atoms with E-state index in [0.717, 1.165) is 12.8 Å². The third-order valence-electron chi connectivity index (χ3n) is 5.67. The van der Waals surface area contributed by atoms with Gasteiger partial charge in [-0.15, -0.1) is 0 Å². The number of fused-ring (bicyclic) bond motifs is 1. The molecule has 0 radical (unpaired) electrons. The highest BCUT2D eigenvalue weighted by molar-refractivity contribution is 6.23. The van der Waals surface area contributed by atoms with Crippen molar-refractivity contribution in [1.82, 2.24) is 0 Å². The Bertz CT molecular complexity index is 765. The average Bonchev–Trinajstić information content (AvgIpc) is 2.90. The van der Waals surface area contributed by atoms with Gasteiger partial charge in [0.15, 0.2) is 5.78 Å². The summed E-state index contributed by atoms with van der Waals surface area (Å²) in [5, 5.41) is 0. The van der Waals surface area contributed by atoms with E-state index in [2.05, 4.69) is 12.2 Å². The van der Waals surface area contributed by atoms with Crippen molar-refractivity contribution in [3.8, 4) is 5.75 Å². The molecule has 5 rings (SSSR count). The second-order valence-electron chi connectivity index (χ2n) is 7.03. The fourth-order valence-electron chi connectivity index (χ4n) is 4.50. The molecule has 0 aromatic heterocycles. The lowest BCUT2D eigenvalue weighted by molar-refractivity contribution is -0.124. The number of hydrogen-bond donors (Lipinski definition) is 0. The van der Waals surface area contributed by atoms with Crippen LogP contribution >= 0.6 is 0 Å². The average molecular weight is 339 g/mol. The van der Waals surface area contributed by atoms with Gasteiger partial charge in [-0.2, -0.15) is 0 Å². The van der Waals surface area contributed by atoms with Gasteiger partial charge in [-0.25, -0.2) is 4.90 Å². The Hall–Kier alpha value is -2.43. The quantitative estimate of drug-likeness (QED) is 0.481. The summed E-state index contributed by atoms with van der Waals surface area (Å²) in [5.74, 6) is -0.216. The molecule has 2 fully saturated rings. The zero-order valence-corrected chi connectivity index (χ0v) is 14.4. The number of nitrogens with zero attached hydrogens (tertiary/aromatic N) is 1. The number of ketones is 1. The minimum Gasteiger partial charge on any atom is -0.492 e. The van der Waals surface area contributed by atoms with E-state index in [0.29, 0.717) is 23.6 Å². The van der Waals surface area contributed by atoms with Gasteiger partial charge in [0, 0.05) is 5.56 Å². The molecule has 4 aliphatic rings. The summed E-state index contributed by atoms with van der Waals surface area (Å²) in [6, 6.07) is 4.95. The number of amides is 2. The van der Waals surface area contributed by atoms with Crippen LogP contribution in [0.5, 0.6) is 5.75 Å². The lowest BCUT2D eigenvalue weighted by atomic mass is 9.63. The number of carbonyl (C=O) groups is 3. The molecule has 1 aliphatic heterocycles. The zero-order valence-electron chi connectivity index (χ0n) is 14.4. The molecule has 0 N–H and O–H groups in total.